The first-order valence-corrected chi connectivity index (χ1v) is 7.88. The Morgan fingerprint density at radius 3 is 2.61 bits per heavy atom. The molecule has 0 aromatic carbocycles. The molecule has 0 N–H and O–H groups in total. The molecule has 0 spiro atoms. The fourth-order valence-corrected chi connectivity index (χ4v) is 3.09. The minimum Gasteiger partial charge on any atom is -0.337 e. The Morgan fingerprint density at radius 2 is 2.09 bits per heavy atom. The minimum absolute atomic E-state index is 0.236. The number of piperidine rings is 1. The molecule has 2 aromatic rings. The van der Waals surface area contributed by atoms with Gasteiger partial charge in [0, 0.05) is 50.9 Å². The van der Waals surface area contributed by atoms with Gasteiger partial charge in [0.15, 0.2) is 5.69 Å². The van der Waals surface area contributed by atoms with Gasteiger partial charge >= 0.3 is 0 Å². The van der Waals surface area contributed by atoms with E-state index in [1.54, 1.807) is 48.1 Å². The van der Waals surface area contributed by atoms with E-state index < -0.39 is 5.67 Å². The summed E-state index contributed by atoms with van der Waals surface area (Å²) in [4.78, 5) is 18.2. The van der Waals surface area contributed by atoms with E-state index in [2.05, 4.69) is 10.1 Å². The van der Waals surface area contributed by atoms with Gasteiger partial charge in [-0.3, -0.25) is 14.5 Å². The molecular weight excluding hydrogens is 319 g/mol. The second-order valence-corrected chi connectivity index (χ2v) is 6.25. The van der Waals surface area contributed by atoms with Crippen LogP contribution < -0.4 is 0 Å². The van der Waals surface area contributed by atoms with Crippen molar-refractivity contribution in [3.63, 3.8) is 0 Å². The van der Waals surface area contributed by atoms with Crippen LogP contribution in [-0.2, 0) is 12.7 Å². The number of pyridine rings is 1. The standard InChI is InChI=1S/C16H18ClFN4O/c1-11-13(17)14(20-21(11)2)15(23)22-8-5-16(18,6-9-22)12-4-3-7-19-10-12/h3-4,7,10H,5-6,8-9H2,1-2H3. The number of hydrogen-bond acceptors (Lipinski definition) is 3. The summed E-state index contributed by atoms with van der Waals surface area (Å²) in [5.41, 5.74) is 0.106. The molecular formula is C16H18ClFN4O. The highest BCUT2D eigenvalue weighted by atomic mass is 35.5. The van der Waals surface area contributed by atoms with Crippen LogP contribution in [0.5, 0.6) is 0 Å². The van der Waals surface area contributed by atoms with Crippen molar-refractivity contribution < 1.29 is 9.18 Å². The molecule has 0 aliphatic carbocycles. The summed E-state index contributed by atoms with van der Waals surface area (Å²) in [5, 5.41) is 4.53. The number of likely N-dealkylation sites (tertiary alicyclic amines) is 1. The van der Waals surface area contributed by atoms with Gasteiger partial charge in [-0.25, -0.2) is 4.39 Å². The predicted octanol–water partition coefficient (Wildman–Crippen LogP) is 2.88. The Bertz CT molecular complexity index is 723. The largest absolute Gasteiger partial charge is 0.337 e. The summed E-state index contributed by atoms with van der Waals surface area (Å²) in [6.45, 7) is 2.46. The molecule has 0 saturated carbocycles. The van der Waals surface area contributed by atoms with Crippen molar-refractivity contribution in [2.45, 2.75) is 25.4 Å². The smallest absolute Gasteiger partial charge is 0.275 e. The van der Waals surface area contributed by atoms with Gasteiger partial charge in [0.1, 0.15) is 5.67 Å². The van der Waals surface area contributed by atoms with Crippen LogP contribution in [0, 0.1) is 6.92 Å². The monoisotopic (exact) mass is 336 g/mol. The van der Waals surface area contributed by atoms with Crippen molar-refractivity contribution in [2.75, 3.05) is 13.1 Å². The van der Waals surface area contributed by atoms with E-state index in [0.29, 0.717) is 23.7 Å². The lowest BCUT2D eigenvalue weighted by atomic mass is 9.87. The van der Waals surface area contributed by atoms with Gasteiger partial charge < -0.3 is 4.90 Å². The lowest BCUT2D eigenvalue weighted by Crippen LogP contribution is -2.43. The average molecular weight is 337 g/mol. The molecule has 3 rings (SSSR count). The number of alkyl halides is 1. The Hall–Kier alpha value is -1.95. The zero-order chi connectivity index (χ0) is 16.6. The molecule has 0 bridgehead atoms. The third kappa shape index (κ3) is 2.83. The topological polar surface area (TPSA) is 51.0 Å². The van der Waals surface area contributed by atoms with E-state index in [9.17, 15) is 4.79 Å². The highest BCUT2D eigenvalue weighted by Crippen LogP contribution is 2.37. The quantitative estimate of drug-likeness (QED) is 0.847. The Labute approximate surface area is 139 Å². The number of aryl methyl sites for hydroxylation is 1. The van der Waals surface area contributed by atoms with Gasteiger partial charge in [-0.2, -0.15) is 5.10 Å². The van der Waals surface area contributed by atoms with Crippen LogP contribution in [0.25, 0.3) is 0 Å². The van der Waals surface area contributed by atoms with Gasteiger partial charge in [-0.15, -0.1) is 0 Å². The fourth-order valence-electron chi connectivity index (χ4n) is 2.85. The molecule has 1 saturated heterocycles. The normalized spacial score (nSPS) is 17.3. The summed E-state index contributed by atoms with van der Waals surface area (Å²) in [6, 6.07) is 3.47. The molecule has 23 heavy (non-hydrogen) atoms. The highest BCUT2D eigenvalue weighted by molar-refractivity contribution is 6.34. The van der Waals surface area contributed by atoms with E-state index >= 15 is 4.39 Å². The van der Waals surface area contributed by atoms with Crippen LogP contribution in [0.2, 0.25) is 5.02 Å². The molecule has 0 radical (unpaired) electrons. The van der Waals surface area contributed by atoms with Crippen molar-refractivity contribution >= 4 is 17.5 Å². The number of halogens is 2. The lowest BCUT2D eigenvalue weighted by Gasteiger charge is -2.36. The molecule has 1 fully saturated rings. The fraction of sp³-hybridized carbons (Fsp3) is 0.438. The Balaban J connectivity index is 1.74. The van der Waals surface area contributed by atoms with Crippen molar-refractivity contribution in [3.05, 3.63) is 46.5 Å². The van der Waals surface area contributed by atoms with E-state index in [-0.39, 0.29) is 24.4 Å². The maximum Gasteiger partial charge on any atom is 0.275 e. The Morgan fingerprint density at radius 1 is 1.39 bits per heavy atom. The molecule has 1 aliphatic heterocycles. The van der Waals surface area contributed by atoms with Crippen LogP contribution in [0.1, 0.15) is 34.6 Å². The summed E-state index contributed by atoms with van der Waals surface area (Å²) < 4.78 is 16.6. The number of rotatable bonds is 2. The van der Waals surface area contributed by atoms with Crippen LogP contribution in [0.4, 0.5) is 4.39 Å². The van der Waals surface area contributed by atoms with Crippen LogP contribution in [0.3, 0.4) is 0 Å². The molecule has 1 aliphatic rings. The second-order valence-electron chi connectivity index (χ2n) is 5.87. The summed E-state index contributed by atoms with van der Waals surface area (Å²) in [5.74, 6) is -0.244. The SMILES string of the molecule is Cc1c(Cl)c(C(=O)N2CCC(F)(c3cccnc3)CC2)nn1C. The molecule has 0 atom stereocenters. The van der Waals surface area contributed by atoms with E-state index in [0.717, 1.165) is 5.69 Å². The third-order valence-electron chi connectivity index (χ3n) is 4.49. The van der Waals surface area contributed by atoms with Crippen molar-refractivity contribution in [2.24, 2.45) is 7.05 Å². The van der Waals surface area contributed by atoms with Crippen molar-refractivity contribution in [1.82, 2.24) is 19.7 Å². The van der Waals surface area contributed by atoms with Crippen LogP contribution in [-0.4, -0.2) is 38.7 Å². The van der Waals surface area contributed by atoms with Crippen molar-refractivity contribution in [3.8, 4) is 0 Å². The number of hydrogen-bond donors (Lipinski definition) is 0. The first kappa shape index (κ1) is 15.9. The summed E-state index contributed by atoms with van der Waals surface area (Å²) in [6.07, 6.45) is 3.66. The number of nitrogens with zero attached hydrogens (tertiary/aromatic N) is 4. The molecule has 3 heterocycles. The summed E-state index contributed by atoms with van der Waals surface area (Å²) >= 11 is 6.17. The maximum absolute atomic E-state index is 15.1. The zero-order valence-corrected chi connectivity index (χ0v) is 13.8. The first-order chi connectivity index (χ1) is 10.9. The third-order valence-corrected chi connectivity index (χ3v) is 4.94. The summed E-state index contributed by atoms with van der Waals surface area (Å²) in [7, 11) is 1.74. The van der Waals surface area contributed by atoms with Gasteiger partial charge in [0.05, 0.1) is 10.7 Å². The lowest BCUT2D eigenvalue weighted by molar-refractivity contribution is 0.0415. The molecule has 0 unspecified atom stereocenters. The van der Waals surface area contributed by atoms with Gasteiger partial charge in [0.25, 0.3) is 5.91 Å². The number of carbonyl (C=O) groups excluding carboxylic acids is 1. The predicted molar refractivity (Wildman–Crippen MR) is 85.1 cm³/mol. The molecule has 2 aromatic heterocycles. The van der Waals surface area contributed by atoms with Gasteiger partial charge in [-0.1, -0.05) is 17.7 Å². The second kappa shape index (κ2) is 5.92. The van der Waals surface area contributed by atoms with Crippen LogP contribution >= 0.6 is 11.6 Å². The highest BCUT2D eigenvalue weighted by Gasteiger charge is 2.38. The maximum atomic E-state index is 15.1. The first-order valence-electron chi connectivity index (χ1n) is 7.50. The number of aromatic nitrogens is 3. The van der Waals surface area contributed by atoms with E-state index in [1.165, 1.54) is 0 Å². The van der Waals surface area contributed by atoms with Gasteiger partial charge in [0.2, 0.25) is 0 Å². The number of carbonyl (C=O) groups is 1. The molecule has 5 nitrogen and oxygen atoms in total. The van der Waals surface area contributed by atoms with E-state index in [4.69, 9.17) is 11.6 Å². The molecule has 7 heteroatoms. The Kier molecular flexibility index (Phi) is 4.10. The van der Waals surface area contributed by atoms with Gasteiger partial charge in [-0.05, 0) is 13.0 Å². The average Bonchev–Trinajstić information content (AvgIpc) is 2.83. The number of amides is 1. The molecule has 122 valence electrons. The van der Waals surface area contributed by atoms with Crippen molar-refractivity contribution in [1.29, 1.82) is 0 Å². The minimum atomic E-state index is -1.44. The van der Waals surface area contributed by atoms with Crippen LogP contribution in [0.15, 0.2) is 24.5 Å². The van der Waals surface area contributed by atoms with E-state index in [1.807, 2.05) is 0 Å². The molecule has 1 amide bonds. The zero-order valence-electron chi connectivity index (χ0n) is 13.1.